The predicted octanol–water partition coefficient (Wildman–Crippen LogP) is -1.49. The third kappa shape index (κ3) is 13.3. The maximum absolute atomic E-state index is 5.43. The van der Waals surface area contributed by atoms with Crippen LogP contribution < -0.4 is 24.0 Å². The number of hydrogen-bond donors (Lipinski definition) is 0. The third-order valence-corrected chi connectivity index (χ3v) is 1.55. The van der Waals surface area contributed by atoms with Crippen molar-refractivity contribution in [3.8, 4) is 0 Å². The maximum Gasteiger partial charge on any atom is 0.102 e. The number of ether oxygens (including phenoxy) is 1. The van der Waals surface area contributed by atoms with Crippen molar-refractivity contribution in [2.45, 2.75) is 19.8 Å². The normalized spacial score (nSPS) is 11.0. The fourth-order valence-electron chi connectivity index (χ4n) is 0.687. The van der Waals surface area contributed by atoms with E-state index < -0.39 is 0 Å². The van der Waals surface area contributed by atoms with Crippen molar-refractivity contribution >= 4 is 0 Å². The zero-order chi connectivity index (χ0) is 8.74. The Morgan fingerprint density at radius 1 is 1.08 bits per heavy atom. The highest BCUT2D eigenvalue weighted by Gasteiger charge is 2.04. The van der Waals surface area contributed by atoms with Crippen LogP contribution in [0.4, 0.5) is 0 Å². The molecule has 12 heavy (non-hydrogen) atoms. The molecule has 0 spiro atoms. The van der Waals surface area contributed by atoms with Crippen molar-refractivity contribution in [3.05, 3.63) is 0 Å². The van der Waals surface area contributed by atoms with Gasteiger partial charge in [-0.05, 0) is 6.42 Å². The first-order valence-corrected chi connectivity index (χ1v) is 4.44. The lowest BCUT2D eigenvalue weighted by molar-refractivity contribution is -0.870. The van der Waals surface area contributed by atoms with Crippen LogP contribution in [0.2, 0.25) is 0 Å². The minimum absolute atomic E-state index is 0. The molecule has 0 aliphatic heterocycles. The van der Waals surface area contributed by atoms with E-state index in [4.69, 9.17) is 4.74 Å². The van der Waals surface area contributed by atoms with Gasteiger partial charge in [0.05, 0.1) is 27.7 Å². The Morgan fingerprint density at radius 2 is 1.67 bits per heavy atom. The van der Waals surface area contributed by atoms with Gasteiger partial charge in [0.1, 0.15) is 6.54 Å². The van der Waals surface area contributed by atoms with Crippen molar-refractivity contribution in [2.75, 3.05) is 40.9 Å². The van der Waals surface area contributed by atoms with Crippen LogP contribution in [0.5, 0.6) is 0 Å². The Balaban J connectivity index is 0. The summed E-state index contributed by atoms with van der Waals surface area (Å²) >= 11 is 0. The predicted molar refractivity (Wildman–Crippen MR) is 48.6 cm³/mol. The zero-order valence-corrected chi connectivity index (χ0v) is 10.9. The highest BCUT2D eigenvalue weighted by Crippen LogP contribution is 1.91. The average Bonchev–Trinajstić information content (AvgIpc) is 1.85. The van der Waals surface area contributed by atoms with E-state index in [1.165, 1.54) is 12.8 Å². The van der Waals surface area contributed by atoms with Gasteiger partial charge in [0.25, 0.3) is 0 Å². The number of likely N-dealkylation sites (N-methyl/N-ethyl adjacent to an activating group) is 1. The minimum atomic E-state index is 0. The summed E-state index contributed by atoms with van der Waals surface area (Å²) in [7, 11) is 6.55. The quantitative estimate of drug-likeness (QED) is 0.329. The molecule has 0 aromatic carbocycles. The van der Waals surface area contributed by atoms with Gasteiger partial charge >= 0.3 is 0 Å². The van der Waals surface area contributed by atoms with Crippen molar-refractivity contribution in [3.63, 3.8) is 0 Å². The largest absolute Gasteiger partial charge is 1.00 e. The fourth-order valence-corrected chi connectivity index (χ4v) is 0.687. The second-order valence-electron chi connectivity index (χ2n) is 3.98. The van der Waals surface area contributed by atoms with Crippen LogP contribution in [0.3, 0.4) is 0 Å². The second kappa shape index (κ2) is 8.26. The summed E-state index contributed by atoms with van der Waals surface area (Å²) in [6, 6.07) is 0. The molecule has 0 aromatic heterocycles. The maximum atomic E-state index is 5.43. The molecular formula is C9H22INO. The van der Waals surface area contributed by atoms with Gasteiger partial charge < -0.3 is 33.2 Å². The Morgan fingerprint density at radius 3 is 2.08 bits per heavy atom. The van der Waals surface area contributed by atoms with Gasteiger partial charge in [0, 0.05) is 6.61 Å². The lowest BCUT2D eigenvalue weighted by Gasteiger charge is -2.23. The van der Waals surface area contributed by atoms with Gasteiger partial charge in [0.15, 0.2) is 0 Å². The molecule has 0 atom stereocenters. The van der Waals surface area contributed by atoms with Crippen molar-refractivity contribution in [2.24, 2.45) is 0 Å². The van der Waals surface area contributed by atoms with E-state index in [2.05, 4.69) is 28.1 Å². The highest BCUT2D eigenvalue weighted by molar-refractivity contribution is 4.32. The molecule has 0 aliphatic carbocycles. The van der Waals surface area contributed by atoms with Crippen LogP contribution in [0.25, 0.3) is 0 Å². The van der Waals surface area contributed by atoms with Crippen molar-refractivity contribution in [1.29, 1.82) is 0 Å². The summed E-state index contributed by atoms with van der Waals surface area (Å²) in [4.78, 5) is 0. The molecule has 0 saturated carbocycles. The molecule has 0 aliphatic rings. The minimum Gasteiger partial charge on any atom is -1.00 e. The van der Waals surface area contributed by atoms with Crippen LogP contribution in [-0.4, -0.2) is 45.4 Å². The number of unbranched alkanes of at least 4 members (excludes halogenated alkanes) is 1. The molecule has 0 heterocycles. The van der Waals surface area contributed by atoms with Crippen molar-refractivity contribution < 1.29 is 33.2 Å². The van der Waals surface area contributed by atoms with Gasteiger partial charge in [-0.25, -0.2) is 0 Å². The summed E-state index contributed by atoms with van der Waals surface area (Å²) in [5, 5.41) is 0. The molecule has 0 N–H and O–H groups in total. The van der Waals surface area contributed by atoms with E-state index in [0.29, 0.717) is 0 Å². The molecule has 0 unspecified atom stereocenters. The van der Waals surface area contributed by atoms with E-state index in [-0.39, 0.29) is 24.0 Å². The molecule has 0 fully saturated rings. The van der Waals surface area contributed by atoms with Gasteiger partial charge in [-0.2, -0.15) is 0 Å². The zero-order valence-electron chi connectivity index (χ0n) is 8.77. The summed E-state index contributed by atoms with van der Waals surface area (Å²) < 4.78 is 6.43. The molecule has 2 nitrogen and oxygen atoms in total. The first-order chi connectivity index (χ1) is 5.06. The molecule has 0 aromatic rings. The van der Waals surface area contributed by atoms with Crippen LogP contribution in [0.15, 0.2) is 0 Å². The summed E-state index contributed by atoms with van der Waals surface area (Å²) in [5.41, 5.74) is 0. The highest BCUT2D eigenvalue weighted by atomic mass is 127. The number of halogens is 1. The fraction of sp³-hybridized carbons (Fsp3) is 1.00. The Labute approximate surface area is 93.9 Å². The summed E-state index contributed by atoms with van der Waals surface area (Å²) in [6.07, 6.45) is 2.42. The standard InChI is InChI=1S/C9H22NO.HI/c1-5-6-8-11-9-7-10(2,3)4;/h5-9H2,1-4H3;1H/q+1;/p-1. The molecule has 0 radical (unpaired) electrons. The molecule has 0 rings (SSSR count). The van der Waals surface area contributed by atoms with Gasteiger partial charge in [-0.3, -0.25) is 0 Å². The number of nitrogens with zero attached hydrogens (tertiary/aromatic N) is 1. The summed E-state index contributed by atoms with van der Waals surface area (Å²) in [6.45, 7) is 5.10. The molecule has 3 heteroatoms. The van der Waals surface area contributed by atoms with Crippen LogP contribution >= 0.6 is 0 Å². The van der Waals surface area contributed by atoms with Crippen molar-refractivity contribution in [1.82, 2.24) is 0 Å². The average molecular weight is 287 g/mol. The van der Waals surface area contributed by atoms with Crippen LogP contribution in [0.1, 0.15) is 19.8 Å². The van der Waals surface area contributed by atoms with Gasteiger partial charge in [0.2, 0.25) is 0 Å². The van der Waals surface area contributed by atoms with E-state index in [0.717, 1.165) is 24.2 Å². The molecular weight excluding hydrogens is 265 g/mol. The van der Waals surface area contributed by atoms with Gasteiger partial charge in [-0.15, -0.1) is 0 Å². The summed E-state index contributed by atoms with van der Waals surface area (Å²) in [5.74, 6) is 0. The van der Waals surface area contributed by atoms with Gasteiger partial charge in [-0.1, -0.05) is 13.3 Å². The van der Waals surface area contributed by atoms with E-state index in [9.17, 15) is 0 Å². The number of quaternary nitrogens is 1. The van der Waals surface area contributed by atoms with Crippen LogP contribution in [0, 0.1) is 0 Å². The first kappa shape index (κ1) is 15.1. The van der Waals surface area contributed by atoms with E-state index in [1.54, 1.807) is 0 Å². The topological polar surface area (TPSA) is 9.23 Å². The Kier molecular flexibility index (Phi) is 10.4. The second-order valence-corrected chi connectivity index (χ2v) is 3.98. The Bertz CT molecular complexity index is 91.0. The molecule has 0 amide bonds. The molecule has 0 saturated heterocycles. The van der Waals surface area contributed by atoms with E-state index >= 15 is 0 Å². The molecule has 76 valence electrons. The third-order valence-electron chi connectivity index (χ3n) is 1.55. The lowest BCUT2D eigenvalue weighted by Crippen LogP contribution is -3.00. The first-order valence-electron chi connectivity index (χ1n) is 4.44. The Hall–Kier alpha value is 0.650. The van der Waals surface area contributed by atoms with Crippen LogP contribution in [-0.2, 0) is 4.74 Å². The number of hydrogen-bond acceptors (Lipinski definition) is 1. The van der Waals surface area contributed by atoms with E-state index in [1.807, 2.05) is 0 Å². The smallest absolute Gasteiger partial charge is 0.102 e. The monoisotopic (exact) mass is 287 g/mol. The number of rotatable bonds is 6. The lowest BCUT2D eigenvalue weighted by atomic mass is 10.4. The SMILES string of the molecule is CCCCOCC[N+](C)(C)C.[I-]. The molecule has 0 bridgehead atoms.